The van der Waals surface area contributed by atoms with E-state index in [1.165, 1.54) is 5.71 Å². The predicted molar refractivity (Wildman–Crippen MR) is 99.3 cm³/mol. The summed E-state index contributed by atoms with van der Waals surface area (Å²) in [6, 6.07) is 10.6. The smallest absolute Gasteiger partial charge is 0.270 e. The molecule has 1 aromatic carbocycles. The van der Waals surface area contributed by atoms with Crippen LogP contribution in [0.5, 0.6) is 0 Å². The highest BCUT2D eigenvalue weighted by Gasteiger charge is 2.30. The number of amides is 1. The summed E-state index contributed by atoms with van der Waals surface area (Å²) >= 11 is 0. The van der Waals surface area contributed by atoms with Gasteiger partial charge in [0.1, 0.15) is 5.69 Å². The molecule has 25 heavy (non-hydrogen) atoms. The van der Waals surface area contributed by atoms with Gasteiger partial charge in [-0.15, -0.1) is 0 Å². The molecule has 1 saturated carbocycles. The number of benzene rings is 1. The van der Waals surface area contributed by atoms with E-state index in [2.05, 4.69) is 11.9 Å². The molecule has 2 fully saturated rings. The van der Waals surface area contributed by atoms with Crippen LogP contribution in [-0.2, 0) is 4.74 Å². The normalized spacial score (nSPS) is 23.3. The van der Waals surface area contributed by atoms with Gasteiger partial charge < -0.3 is 14.6 Å². The fourth-order valence-electron chi connectivity index (χ4n) is 3.98. The summed E-state index contributed by atoms with van der Waals surface area (Å²) in [6.45, 7) is 4.17. The van der Waals surface area contributed by atoms with Gasteiger partial charge in [0.2, 0.25) is 0 Å². The number of H-pyrrole nitrogens is 1. The molecule has 2 unspecified atom stereocenters. The number of aromatic nitrogens is 1. The highest BCUT2D eigenvalue weighted by molar-refractivity contribution is 5.98. The Morgan fingerprint density at radius 3 is 2.88 bits per heavy atom. The highest BCUT2D eigenvalue weighted by Crippen LogP contribution is 2.27. The van der Waals surface area contributed by atoms with Crippen molar-refractivity contribution in [3.63, 3.8) is 0 Å². The maximum absolute atomic E-state index is 13.1. The molecule has 0 spiro atoms. The third kappa shape index (κ3) is 3.33. The summed E-state index contributed by atoms with van der Waals surface area (Å²) < 4.78 is 5.20. The van der Waals surface area contributed by atoms with Crippen LogP contribution in [0.25, 0.3) is 10.9 Å². The van der Waals surface area contributed by atoms with E-state index in [0.717, 1.165) is 43.1 Å². The lowest BCUT2D eigenvalue weighted by molar-refractivity contribution is 0.0632. The standard InChI is InChI=1S/C20H25N3O2/c1-2-23(17-8-5-7-15(11-17)21-16-12-25-13-16)20(24)19-10-14-6-3-4-9-18(14)22-19/h3-4,6,9-10,15,17,22H,2,5,7-8,11-13H2,1H3. The van der Waals surface area contributed by atoms with E-state index in [1.54, 1.807) is 0 Å². The van der Waals surface area contributed by atoms with Crippen LogP contribution in [0.1, 0.15) is 43.1 Å². The number of hydrogen-bond acceptors (Lipinski definition) is 3. The van der Waals surface area contributed by atoms with E-state index < -0.39 is 0 Å². The van der Waals surface area contributed by atoms with Crippen molar-refractivity contribution >= 4 is 22.5 Å². The number of ether oxygens (including phenoxy) is 1. The number of carbonyl (C=O) groups is 1. The van der Waals surface area contributed by atoms with Crippen LogP contribution >= 0.6 is 0 Å². The van der Waals surface area contributed by atoms with Gasteiger partial charge in [-0.05, 0) is 44.7 Å². The van der Waals surface area contributed by atoms with E-state index in [0.29, 0.717) is 24.9 Å². The van der Waals surface area contributed by atoms with Crippen molar-refractivity contribution in [2.45, 2.75) is 44.7 Å². The van der Waals surface area contributed by atoms with Crippen molar-refractivity contribution in [3.8, 4) is 0 Å². The van der Waals surface area contributed by atoms with Crippen LogP contribution in [0.4, 0.5) is 0 Å². The second-order valence-corrected chi connectivity index (χ2v) is 7.02. The monoisotopic (exact) mass is 339 g/mol. The first kappa shape index (κ1) is 16.3. The fraction of sp³-hybridized carbons (Fsp3) is 0.500. The molecule has 1 aliphatic carbocycles. The van der Waals surface area contributed by atoms with Crippen molar-refractivity contribution in [2.24, 2.45) is 4.99 Å². The zero-order valence-corrected chi connectivity index (χ0v) is 14.7. The molecule has 0 radical (unpaired) electrons. The number of rotatable bonds is 4. The lowest BCUT2D eigenvalue weighted by atomic mass is 9.90. The average molecular weight is 339 g/mol. The molecule has 4 rings (SSSR count). The molecule has 5 heteroatoms. The molecular weight excluding hydrogens is 314 g/mol. The minimum absolute atomic E-state index is 0.101. The Kier molecular flexibility index (Phi) is 4.57. The third-order valence-electron chi connectivity index (χ3n) is 5.32. The number of fused-ring (bicyclic) bond motifs is 1. The minimum atomic E-state index is 0.101. The number of aromatic amines is 1. The first-order valence-electron chi connectivity index (χ1n) is 9.26. The number of aliphatic imine (C=N–C) groups is 1. The summed E-state index contributed by atoms with van der Waals surface area (Å²) in [4.78, 5) is 23.2. The average Bonchev–Trinajstić information content (AvgIpc) is 3.03. The molecule has 0 bridgehead atoms. The second kappa shape index (κ2) is 7.00. The SMILES string of the molecule is CCN(C(=O)c1cc2ccccc2[nH]1)C1CCCC(N=C2COC2)C1. The van der Waals surface area contributed by atoms with Crippen LogP contribution in [-0.4, -0.2) is 53.3 Å². The molecule has 5 nitrogen and oxygen atoms in total. The Labute approximate surface area is 148 Å². The van der Waals surface area contributed by atoms with E-state index in [4.69, 9.17) is 9.73 Å². The van der Waals surface area contributed by atoms with Crippen LogP contribution in [0, 0.1) is 0 Å². The van der Waals surface area contributed by atoms with Crippen molar-refractivity contribution in [1.29, 1.82) is 0 Å². The minimum Gasteiger partial charge on any atom is -0.369 e. The van der Waals surface area contributed by atoms with Gasteiger partial charge in [-0.2, -0.15) is 0 Å². The third-order valence-corrected chi connectivity index (χ3v) is 5.32. The summed E-state index contributed by atoms with van der Waals surface area (Å²) in [5.41, 5.74) is 2.87. The Balaban J connectivity index is 1.51. The first-order valence-corrected chi connectivity index (χ1v) is 9.26. The zero-order valence-electron chi connectivity index (χ0n) is 14.7. The molecule has 1 aromatic heterocycles. The molecule has 2 aromatic rings. The molecule has 132 valence electrons. The number of hydrogen-bond donors (Lipinski definition) is 1. The molecule has 2 aliphatic rings. The van der Waals surface area contributed by atoms with E-state index in [-0.39, 0.29) is 11.9 Å². The van der Waals surface area contributed by atoms with Crippen LogP contribution in [0.2, 0.25) is 0 Å². The molecule has 1 saturated heterocycles. The van der Waals surface area contributed by atoms with E-state index in [1.807, 2.05) is 35.2 Å². The Bertz CT molecular complexity index is 756. The number of nitrogens with zero attached hydrogens (tertiary/aromatic N) is 2. The van der Waals surface area contributed by atoms with Gasteiger partial charge in [-0.3, -0.25) is 9.79 Å². The topological polar surface area (TPSA) is 57.7 Å². The van der Waals surface area contributed by atoms with Crippen LogP contribution in [0.15, 0.2) is 35.3 Å². The second-order valence-electron chi connectivity index (χ2n) is 7.02. The zero-order chi connectivity index (χ0) is 17.2. The van der Waals surface area contributed by atoms with Crippen LogP contribution in [0.3, 0.4) is 0 Å². The van der Waals surface area contributed by atoms with Gasteiger partial charge in [-0.1, -0.05) is 18.2 Å². The maximum Gasteiger partial charge on any atom is 0.270 e. The molecular formula is C20H25N3O2. The van der Waals surface area contributed by atoms with Crippen molar-refractivity contribution in [3.05, 3.63) is 36.0 Å². The summed E-state index contributed by atoms with van der Waals surface area (Å²) in [6.07, 6.45) is 4.28. The largest absolute Gasteiger partial charge is 0.369 e. The molecule has 1 amide bonds. The van der Waals surface area contributed by atoms with Gasteiger partial charge in [0.05, 0.1) is 25.0 Å². The fourth-order valence-corrected chi connectivity index (χ4v) is 3.98. The molecule has 2 atom stereocenters. The summed E-state index contributed by atoms with van der Waals surface area (Å²) in [5, 5.41) is 1.08. The first-order chi connectivity index (χ1) is 12.2. The number of carbonyl (C=O) groups excluding carboxylic acids is 1. The van der Waals surface area contributed by atoms with Crippen molar-refractivity contribution < 1.29 is 9.53 Å². The Morgan fingerprint density at radius 2 is 2.16 bits per heavy atom. The van der Waals surface area contributed by atoms with Gasteiger partial charge in [-0.25, -0.2) is 0 Å². The number of nitrogens with one attached hydrogen (secondary N) is 1. The van der Waals surface area contributed by atoms with E-state index in [9.17, 15) is 4.79 Å². The predicted octanol–water partition coefficient (Wildman–Crippen LogP) is 3.41. The van der Waals surface area contributed by atoms with Gasteiger partial charge >= 0.3 is 0 Å². The molecule has 1 N–H and O–H groups in total. The molecule has 1 aliphatic heterocycles. The maximum atomic E-state index is 13.1. The quantitative estimate of drug-likeness (QED) is 0.928. The van der Waals surface area contributed by atoms with Crippen LogP contribution < -0.4 is 0 Å². The lowest BCUT2D eigenvalue weighted by Gasteiger charge is -2.36. The Hall–Kier alpha value is -2.14. The lowest BCUT2D eigenvalue weighted by Crippen LogP contribution is -2.44. The summed E-state index contributed by atoms with van der Waals surface area (Å²) in [5.74, 6) is 0.101. The summed E-state index contributed by atoms with van der Waals surface area (Å²) in [7, 11) is 0. The van der Waals surface area contributed by atoms with Gasteiger partial charge in [0.15, 0.2) is 0 Å². The molecule has 2 heterocycles. The van der Waals surface area contributed by atoms with Crippen molar-refractivity contribution in [2.75, 3.05) is 19.8 Å². The highest BCUT2D eigenvalue weighted by atomic mass is 16.5. The van der Waals surface area contributed by atoms with Gasteiger partial charge in [0.25, 0.3) is 5.91 Å². The van der Waals surface area contributed by atoms with Crippen molar-refractivity contribution in [1.82, 2.24) is 9.88 Å². The van der Waals surface area contributed by atoms with E-state index >= 15 is 0 Å². The Morgan fingerprint density at radius 1 is 1.32 bits per heavy atom. The van der Waals surface area contributed by atoms with Gasteiger partial charge in [0, 0.05) is 23.5 Å². The number of para-hydroxylation sites is 1.